The fourth-order valence-electron chi connectivity index (χ4n) is 1.65. The van der Waals surface area contributed by atoms with Gasteiger partial charge in [0.1, 0.15) is 0 Å². The van der Waals surface area contributed by atoms with Gasteiger partial charge in [-0.25, -0.2) is 0 Å². The average Bonchev–Trinajstić information content (AvgIpc) is 2.10. The number of hydrogen-bond donors (Lipinski definition) is 0. The molecule has 0 bridgehead atoms. The van der Waals surface area contributed by atoms with E-state index < -0.39 is 0 Å². The average molecular weight is 171 g/mol. The molecule has 0 unspecified atom stereocenters. The molecule has 1 saturated heterocycles. The topological polar surface area (TPSA) is 12.5 Å². The van der Waals surface area contributed by atoms with Crippen molar-refractivity contribution in [1.29, 1.82) is 0 Å². The number of nitrogens with zero attached hydrogens (tertiary/aromatic N) is 1. The first-order valence-electron chi connectivity index (χ1n) is 4.83. The van der Waals surface area contributed by atoms with Crippen molar-refractivity contribution < 1.29 is 4.74 Å². The zero-order chi connectivity index (χ0) is 9.19. The van der Waals surface area contributed by atoms with Gasteiger partial charge >= 0.3 is 0 Å². The van der Waals surface area contributed by atoms with E-state index in [-0.39, 0.29) is 0 Å². The highest BCUT2D eigenvalue weighted by Gasteiger charge is 2.26. The lowest BCUT2D eigenvalue weighted by Crippen LogP contribution is -2.39. The normalized spacial score (nSPS) is 25.8. The van der Waals surface area contributed by atoms with Crippen LogP contribution in [0.2, 0.25) is 0 Å². The quantitative estimate of drug-likeness (QED) is 0.596. The van der Waals surface area contributed by atoms with Gasteiger partial charge in [-0.2, -0.15) is 0 Å². The Balaban J connectivity index is 2.54. The molecule has 1 aliphatic heterocycles. The minimum atomic E-state index is 0.320. The van der Waals surface area contributed by atoms with Crippen LogP contribution in [0.5, 0.6) is 0 Å². The van der Waals surface area contributed by atoms with Gasteiger partial charge in [-0.15, -0.1) is 0 Å². The zero-order valence-corrected chi connectivity index (χ0v) is 8.76. The van der Waals surface area contributed by atoms with Gasteiger partial charge in [-0.3, -0.25) is 4.90 Å². The maximum atomic E-state index is 5.55. The maximum absolute atomic E-state index is 5.55. The molecule has 72 valence electrons. The summed E-state index contributed by atoms with van der Waals surface area (Å²) in [6, 6.07) is 0.644. The summed E-state index contributed by atoms with van der Waals surface area (Å²) in [7, 11) is 0. The SMILES string of the molecule is CC(C)N1CCOCC(C)(C)C1. The van der Waals surface area contributed by atoms with Crippen molar-refractivity contribution in [3.63, 3.8) is 0 Å². The summed E-state index contributed by atoms with van der Waals surface area (Å²) in [5, 5.41) is 0. The molecule has 0 aliphatic carbocycles. The summed E-state index contributed by atoms with van der Waals surface area (Å²) >= 11 is 0. The van der Waals surface area contributed by atoms with E-state index in [9.17, 15) is 0 Å². The van der Waals surface area contributed by atoms with Gasteiger partial charge in [0.2, 0.25) is 0 Å². The molecule has 0 saturated carbocycles. The highest BCUT2D eigenvalue weighted by molar-refractivity contribution is 4.78. The Hall–Kier alpha value is -0.0800. The molecule has 0 aromatic carbocycles. The van der Waals surface area contributed by atoms with Crippen LogP contribution in [0, 0.1) is 5.41 Å². The molecule has 0 atom stereocenters. The molecule has 0 aromatic heterocycles. The largest absolute Gasteiger partial charge is 0.380 e. The van der Waals surface area contributed by atoms with Crippen molar-refractivity contribution in [2.45, 2.75) is 33.7 Å². The lowest BCUT2D eigenvalue weighted by Gasteiger charge is -2.31. The van der Waals surface area contributed by atoms with E-state index in [0.717, 1.165) is 26.3 Å². The fraction of sp³-hybridized carbons (Fsp3) is 1.00. The molecule has 1 heterocycles. The van der Waals surface area contributed by atoms with Crippen molar-refractivity contribution in [3.05, 3.63) is 0 Å². The van der Waals surface area contributed by atoms with E-state index >= 15 is 0 Å². The van der Waals surface area contributed by atoms with E-state index in [1.165, 1.54) is 0 Å². The summed E-state index contributed by atoms with van der Waals surface area (Å²) in [6.45, 7) is 13.1. The molecule has 12 heavy (non-hydrogen) atoms. The van der Waals surface area contributed by atoms with Gasteiger partial charge in [0.25, 0.3) is 0 Å². The Labute approximate surface area is 75.9 Å². The second-order valence-electron chi connectivity index (χ2n) is 4.78. The second-order valence-corrected chi connectivity index (χ2v) is 4.78. The van der Waals surface area contributed by atoms with Gasteiger partial charge in [-0.05, 0) is 13.8 Å². The molecule has 0 radical (unpaired) electrons. The predicted molar refractivity (Wildman–Crippen MR) is 51.3 cm³/mol. The van der Waals surface area contributed by atoms with Crippen molar-refractivity contribution in [2.75, 3.05) is 26.3 Å². The monoisotopic (exact) mass is 171 g/mol. The summed E-state index contributed by atoms with van der Waals surface area (Å²) in [5.74, 6) is 0. The Bertz CT molecular complexity index is 143. The van der Waals surface area contributed by atoms with E-state index in [0.29, 0.717) is 11.5 Å². The van der Waals surface area contributed by atoms with Gasteiger partial charge in [0.05, 0.1) is 13.2 Å². The zero-order valence-electron chi connectivity index (χ0n) is 8.76. The van der Waals surface area contributed by atoms with Crippen LogP contribution in [0.4, 0.5) is 0 Å². The van der Waals surface area contributed by atoms with Crippen LogP contribution in [-0.4, -0.2) is 37.2 Å². The molecule has 1 rings (SSSR count). The van der Waals surface area contributed by atoms with Crippen molar-refractivity contribution >= 4 is 0 Å². The van der Waals surface area contributed by atoms with Crippen LogP contribution in [0.3, 0.4) is 0 Å². The summed E-state index contributed by atoms with van der Waals surface area (Å²) in [6.07, 6.45) is 0. The van der Waals surface area contributed by atoms with E-state index in [1.54, 1.807) is 0 Å². The molecule has 1 aliphatic rings. The minimum absolute atomic E-state index is 0.320. The van der Waals surface area contributed by atoms with Crippen LogP contribution in [0.25, 0.3) is 0 Å². The Morgan fingerprint density at radius 2 is 2.00 bits per heavy atom. The molecule has 1 fully saturated rings. The smallest absolute Gasteiger partial charge is 0.0593 e. The summed E-state index contributed by atoms with van der Waals surface area (Å²) in [4.78, 5) is 2.49. The highest BCUT2D eigenvalue weighted by atomic mass is 16.5. The number of ether oxygens (including phenoxy) is 1. The predicted octanol–water partition coefficient (Wildman–Crippen LogP) is 1.75. The highest BCUT2D eigenvalue weighted by Crippen LogP contribution is 2.21. The van der Waals surface area contributed by atoms with Crippen LogP contribution in [0.1, 0.15) is 27.7 Å². The van der Waals surface area contributed by atoms with Crippen molar-refractivity contribution in [3.8, 4) is 0 Å². The van der Waals surface area contributed by atoms with E-state index in [2.05, 4.69) is 32.6 Å². The molecular weight excluding hydrogens is 150 g/mol. The van der Waals surface area contributed by atoms with Gasteiger partial charge < -0.3 is 4.74 Å². The molecular formula is C10H21NO. The third kappa shape index (κ3) is 2.76. The Kier molecular flexibility index (Phi) is 3.13. The molecule has 0 amide bonds. The standard InChI is InChI=1S/C10H21NO/c1-9(2)11-5-6-12-8-10(3,4)7-11/h9H,5-8H2,1-4H3. The summed E-state index contributed by atoms with van der Waals surface area (Å²) < 4.78 is 5.55. The van der Waals surface area contributed by atoms with Gasteiger partial charge in [0, 0.05) is 24.5 Å². The lowest BCUT2D eigenvalue weighted by molar-refractivity contribution is 0.0885. The number of hydrogen-bond acceptors (Lipinski definition) is 2. The third-order valence-corrected chi connectivity index (χ3v) is 2.38. The molecule has 0 aromatic rings. The first-order valence-corrected chi connectivity index (χ1v) is 4.83. The minimum Gasteiger partial charge on any atom is -0.380 e. The lowest BCUT2D eigenvalue weighted by atomic mass is 9.94. The summed E-state index contributed by atoms with van der Waals surface area (Å²) in [5.41, 5.74) is 0.320. The van der Waals surface area contributed by atoms with Crippen molar-refractivity contribution in [1.82, 2.24) is 4.90 Å². The molecule has 0 spiro atoms. The van der Waals surface area contributed by atoms with Crippen LogP contribution in [0.15, 0.2) is 0 Å². The van der Waals surface area contributed by atoms with Gasteiger partial charge in [0.15, 0.2) is 0 Å². The first-order chi connectivity index (χ1) is 5.51. The third-order valence-electron chi connectivity index (χ3n) is 2.38. The molecule has 2 nitrogen and oxygen atoms in total. The fourth-order valence-corrected chi connectivity index (χ4v) is 1.65. The van der Waals surface area contributed by atoms with Crippen LogP contribution in [-0.2, 0) is 4.74 Å². The van der Waals surface area contributed by atoms with Gasteiger partial charge in [-0.1, -0.05) is 13.8 Å². The van der Waals surface area contributed by atoms with E-state index in [4.69, 9.17) is 4.74 Å². The van der Waals surface area contributed by atoms with Crippen molar-refractivity contribution in [2.24, 2.45) is 5.41 Å². The van der Waals surface area contributed by atoms with Crippen LogP contribution >= 0.6 is 0 Å². The second kappa shape index (κ2) is 3.75. The first kappa shape index (κ1) is 10.0. The van der Waals surface area contributed by atoms with Crippen LogP contribution < -0.4 is 0 Å². The Morgan fingerprint density at radius 3 is 2.58 bits per heavy atom. The molecule has 0 N–H and O–H groups in total. The maximum Gasteiger partial charge on any atom is 0.0593 e. The number of rotatable bonds is 1. The van der Waals surface area contributed by atoms with E-state index in [1.807, 2.05) is 0 Å². The molecule has 2 heteroatoms. The Morgan fingerprint density at radius 1 is 1.33 bits per heavy atom.